The molecule has 1 aromatic rings. The van der Waals surface area contributed by atoms with Crippen LogP contribution in [-0.2, 0) is 4.79 Å². The second-order valence-corrected chi connectivity index (χ2v) is 3.79. The third-order valence-corrected chi connectivity index (χ3v) is 1.98. The van der Waals surface area contributed by atoms with Crippen LogP contribution in [0, 0.1) is 0 Å². The number of rotatable bonds is 4. The molecule has 3 nitrogen and oxygen atoms in total. The molecule has 1 rings (SSSR count). The van der Waals surface area contributed by atoms with Crippen molar-refractivity contribution in [1.29, 1.82) is 0 Å². The van der Waals surface area contributed by atoms with E-state index < -0.39 is 12.0 Å². The summed E-state index contributed by atoms with van der Waals surface area (Å²) in [4.78, 5) is 11.0. The van der Waals surface area contributed by atoms with Crippen molar-refractivity contribution in [3.05, 3.63) is 42.0 Å². The molecular weight excluding hydrogens is 245 g/mol. The molecule has 0 bridgehead atoms. The Morgan fingerprint density at radius 1 is 1.22 bits per heavy atom. The lowest BCUT2D eigenvalue weighted by Gasteiger charge is -2.17. The molecule has 18 heavy (non-hydrogen) atoms. The number of ketones is 1. The van der Waals surface area contributed by atoms with Crippen molar-refractivity contribution < 1.29 is 18.0 Å². The summed E-state index contributed by atoms with van der Waals surface area (Å²) in [6.45, 7) is 0. The molecule has 0 saturated heterocycles. The van der Waals surface area contributed by atoms with Gasteiger partial charge in [0.2, 0.25) is 0 Å². The maximum Gasteiger partial charge on any atom is 0.454 e. The van der Waals surface area contributed by atoms with Crippen molar-refractivity contribution in [3.8, 4) is 0 Å². The first kappa shape index (κ1) is 14.2. The van der Waals surface area contributed by atoms with Crippen LogP contribution in [-0.4, -0.2) is 31.1 Å². The third kappa shape index (κ3) is 4.21. The van der Waals surface area contributed by atoms with Gasteiger partial charge in [-0.15, -0.1) is 0 Å². The molecule has 6 heteroatoms. The van der Waals surface area contributed by atoms with E-state index in [0.717, 1.165) is 0 Å². The van der Waals surface area contributed by atoms with E-state index in [1.807, 2.05) is 0 Å². The summed E-state index contributed by atoms with van der Waals surface area (Å²) < 4.78 is 36.7. The van der Waals surface area contributed by atoms with Crippen LogP contribution in [0.4, 0.5) is 13.2 Å². The predicted molar refractivity (Wildman–Crippen MR) is 62.3 cm³/mol. The zero-order chi connectivity index (χ0) is 13.8. The Labute approximate surface area is 103 Å². The largest absolute Gasteiger partial charge is 0.454 e. The molecule has 0 aliphatic rings. The molecule has 0 radical (unpaired) electrons. The molecule has 0 spiro atoms. The van der Waals surface area contributed by atoms with Gasteiger partial charge in [0.25, 0.3) is 5.78 Å². The highest BCUT2D eigenvalue weighted by Gasteiger charge is 2.36. The van der Waals surface area contributed by atoms with E-state index in [1.165, 1.54) is 5.01 Å². The molecule has 0 atom stereocenters. The molecule has 0 fully saturated rings. The van der Waals surface area contributed by atoms with Crippen LogP contribution in [0.3, 0.4) is 0 Å². The number of carbonyl (C=O) groups is 1. The number of benzene rings is 1. The number of nitrogens with one attached hydrogen (secondary N) is 1. The minimum atomic E-state index is -4.87. The molecule has 0 saturated carbocycles. The molecule has 1 aromatic carbocycles. The Kier molecular flexibility index (Phi) is 4.49. The first-order valence-electron chi connectivity index (χ1n) is 5.13. The van der Waals surface area contributed by atoms with Gasteiger partial charge in [-0.3, -0.25) is 4.79 Å². The van der Waals surface area contributed by atoms with Crippen molar-refractivity contribution in [1.82, 2.24) is 10.4 Å². The third-order valence-electron chi connectivity index (χ3n) is 1.98. The molecule has 98 valence electrons. The molecule has 0 aliphatic heterocycles. The fourth-order valence-corrected chi connectivity index (χ4v) is 1.25. The lowest BCUT2D eigenvalue weighted by atomic mass is 10.1. The van der Waals surface area contributed by atoms with E-state index in [-0.39, 0.29) is 5.70 Å². The van der Waals surface area contributed by atoms with Gasteiger partial charge in [0, 0.05) is 20.2 Å². The monoisotopic (exact) mass is 258 g/mol. The summed E-state index contributed by atoms with van der Waals surface area (Å²) in [6, 6.07) is 8.33. The van der Waals surface area contributed by atoms with Crippen LogP contribution in [0.5, 0.6) is 0 Å². The van der Waals surface area contributed by atoms with Gasteiger partial charge in [-0.25, -0.2) is 5.01 Å². The Hall–Kier alpha value is -1.82. The maximum atomic E-state index is 12.2. The van der Waals surface area contributed by atoms with E-state index in [9.17, 15) is 18.0 Å². The van der Waals surface area contributed by atoms with Gasteiger partial charge < -0.3 is 5.43 Å². The summed E-state index contributed by atoms with van der Waals surface area (Å²) in [7, 11) is 3.24. The second kappa shape index (κ2) is 5.68. The SMILES string of the molecule is CN(C)N/C(=C/C(=O)C(F)(F)F)c1ccccc1. The van der Waals surface area contributed by atoms with Crippen molar-refractivity contribution in [2.75, 3.05) is 14.1 Å². The molecule has 0 amide bonds. The van der Waals surface area contributed by atoms with Crippen LogP contribution in [0.2, 0.25) is 0 Å². The first-order chi connectivity index (χ1) is 8.30. The summed E-state index contributed by atoms with van der Waals surface area (Å²) >= 11 is 0. The molecule has 0 aromatic heterocycles. The van der Waals surface area contributed by atoms with E-state index in [1.54, 1.807) is 44.4 Å². The highest BCUT2D eigenvalue weighted by molar-refractivity contribution is 6.00. The lowest BCUT2D eigenvalue weighted by molar-refractivity contribution is -0.165. The number of carbonyl (C=O) groups excluding carboxylic acids is 1. The second-order valence-electron chi connectivity index (χ2n) is 3.79. The quantitative estimate of drug-likeness (QED) is 0.664. The van der Waals surface area contributed by atoms with Crippen molar-refractivity contribution in [2.45, 2.75) is 6.18 Å². The van der Waals surface area contributed by atoms with E-state index in [2.05, 4.69) is 5.43 Å². The van der Waals surface area contributed by atoms with Crippen molar-refractivity contribution in [3.63, 3.8) is 0 Å². The maximum absolute atomic E-state index is 12.2. The highest BCUT2D eigenvalue weighted by atomic mass is 19.4. The Morgan fingerprint density at radius 3 is 2.22 bits per heavy atom. The van der Waals surface area contributed by atoms with Crippen molar-refractivity contribution >= 4 is 11.5 Å². The first-order valence-corrected chi connectivity index (χ1v) is 5.13. The van der Waals surface area contributed by atoms with Gasteiger partial charge in [-0.05, 0) is 5.56 Å². The average Bonchev–Trinajstić information content (AvgIpc) is 2.27. The normalized spacial score (nSPS) is 12.7. The summed E-state index contributed by atoms with van der Waals surface area (Å²) in [5, 5.41) is 1.46. The van der Waals surface area contributed by atoms with Crippen LogP contribution in [0.1, 0.15) is 5.56 Å². The van der Waals surface area contributed by atoms with E-state index >= 15 is 0 Å². The fourth-order valence-electron chi connectivity index (χ4n) is 1.25. The summed E-state index contributed by atoms with van der Waals surface area (Å²) in [6.07, 6.45) is -4.32. The van der Waals surface area contributed by atoms with Gasteiger partial charge in [0.1, 0.15) is 0 Å². The van der Waals surface area contributed by atoms with Crippen LogP contribution >= 0.6 is 0 Å². The van der Waals surface area contributed by atoms with Crippen LogP contribution in [0.25, 0.3) is 5.70 Å². The van der Waals surface area contributed by atoms with Gasteiger partial charge >= 0.3 is 6.18 Å². The highest BCUT2D eigenvalue weighted by Crippen LogP contribution is 2.19. The minimum Gasteiger partial charge on any atom is -0.319 e. The zero-order valence-electron chi connectivity index (χ0n) is 9.95. The zero-order valence-corrected chi connectivity index (χ0v) is 9.95. The van der Waals surface area contributed by atoms with E-state index in [0.29, 0.717) is 11.6 Å². The topological polar surface area (TPSA) is 32.3 Å². The number of nitrogens with zero attached hydrogens (tertiary/aromatic N) is 1. The molecule has 0 unspecified atom stereocenters. The smallest absolute Gasteiger partial charge is 0.319 e. The lowest BCUT2D eigenvalue weighted by Crippen LogP contribution is -2.30. The summed E-state index contributed by atoms with van der Waals surface area (Å²) in [5.41, 5.74) is 3.28. The molecule has 0 heterocycles. The Bertz CT molecular complexity index is 438. The number of hydrazine groups is 1. The predicted octanol–water partition coefficient (Wildman–Crippen LogP) is 2.23. The number of halogens is 3. The van der Waals surface area contributed by atoms with Gasteiger partial charge in [-0.2, -0.15) is 13.2 Å². The van der Waals surface area contributed by atoms with Crippen LogP contribution in [0.15, 0.2) is 36.4 Å². The molecular formula is C12H13F3N2O. The Balaban J connectivity index is 3.07. The fraction of sp³-hybridized carbons (Fsp3) is 0.250. The number of hydrogen-bond acceptors (Lipinski definition) is 3. The van der Waals surface area contributed by atoms with Crippen LogP contribution < -0.4 is 5.43 Å². The Morgan fingerprint density at radius 2 is 1.78 bits per heavy atom. The summed E-state index contributed by atoms with van der Waals surface area (Å²) in [5.74, 6) is -1.89. The van der Waals surface area contributed by atoms with Gasteiger partial charge in [0.15, 0.2) is 0 Å². The number of allylic oxidation sites excluding steroid dienone is 1. The van der Waals surface area contributed by atoms with E-state index in [4.69, 9.17) is 0 Å². The minimum absolute atomic E-state index is 0.0999. The number of hydrogen-bond donors (Lipinski definition) is 1. The molecule has 0 aliphatic carbocycles. The van der Waals surface area contributed by atoms with Gasteiger partial charge in [-0.1, -0.05) is 30.3 Å². The standard InChI is InChI=1S/C12H13F3N2O/c1-17(2)16-10(8-11(18)12(13,14)15)9-6-4-3-5-7-9/h3-8,16H,1-2H3/b10-8+. The average molecular weight is 258 g/mol. The number of alkyl halides is 3. The van der Waals surface area contributed by atoms with Gasteiger partial charge in [0.05, 0.1) is 5.70 Å². The molecule has 1 N–H and O–H groups in total. The van der Waals surface area contributed by atoms with Crippen molar-refractivity contribution in [2.24, 2.45) is 0 Å².